The molecule has 0 saturated carbocycles. The van der Waals surface area contributed by atoms with E-state index >= 15 is 0 Å². The van der Waals surface area contributed by atoms with Gasteiger partial charge >= 0.3 is 0 Å². The number of nitrogens with zero attached hydrogens (tertiary/aromatic N) is 3. The van der Waals surface area contributed by atoms with E-state index in [1.807, 2.05) is 77.8 Å². The third-order valence-corrected chi connectivity index (χ3v) is 6.94. The average molecular weight is 523 g/mol. The molecule has 0 bridgehead atoms. The van der Waals surface area contributed by atoms with Crippen LogP contribution in [0.25, 0.3) is 6.08 Å². The molecule has 0 saturated heterocycles. The summed E-state index contributed by atoms with van der Waals surface area (Å²) in [5, 5.41) is 8.03. The molecule has 0 aliphatic carbocycles. The molecule has 0 N–H and O–H groups in total. The molecule has 2 heterocycles. The summed E-state index contributed by atoms with van der Waals surface area (Å²) in [7, 11) is 0. The first-order valence-corrected chi connectivity index (χ1v) is 12.0. The van der Waals surface area contributed by atoms with Gasteiger partial charge in [-0.15, -0.1) is 0 Å². The second-order valence-electron chi connectivity index (χ2n) is 7.39. The van der Waals surface area contributed by atoms with E-state index in [4.69, 9.17) is 16.7 Å². The van der Waals surface area contributed by atoms with Gasteiger partial charge in [0, 0.05) is 15.9 Å². The van der Waals surface area contributed by atoms with E-state index in [0.29, 0.717) is 21.5 Å². The van der Waals surface area contributed by atoms with E-state index in [1.54, 1.807) is 0 Å². The first-order valence-electron chi connectivity index (χ1n) is 10.0. The van der Waals surface area contributed by atoms with Gasteiger partial charge in [-0.1, -0.05) is 82.1 Å². The number of benzene rings is 3. The molecule has 3 aromatic carbocycles. The summed E-state index contributed by atoms with van der Waals surface area (Å²) in [6.45, 7) is 0. The molecule has 1 unspecified atom stereocenters. The highest BCUT2D eigenvalue weighted by Gasteiger charge is 2.36. The standard InChI is InChI=1S/C25H17BrClN3OS/c26-19-8-4-5-16(13-19)14-23-24(31)28-25(32-23)30-22(18-9-11-20(27)12-10-18)15-21(29-30)17-6-2-1-3-7-17/h1-14,22H,15H2/b23-14-. The minimum absolute atomic E-state index is 0.0632. The monoisotopic (exact) mass is 521 g/mol. The Labute approximate surface area is 203 Å². The van der Waals surface area contributed by atoms with Crippen LogP contribution in [0.5, 0.6) is 0 Å². The number of hydrazone groups is 1. The summed E-state index contributed by atoms with van der Waals surface area (Å²) in [5.74, 6) is -0.247. The van der Waals surface area contributed by atoms with Gasteiger partial charge in [0.2, 0.25) is 0 Å². The lowest BCUT2D eigenvalue weighted by Gasteiger charge is -2.22. The second kappa shape index (κ2) is 9.06. The lowest BCUT2D eigenvalue weighted by Crippen LogP contribution is -2.23. The molecule has 5 rings (SSSR count). The van der Waals surface area contributed by atoms with Gasteiger partial charge in [-0.2, -0.15) is 10.1 Å². The number of rotatable bonds is 3. The summed E-state index contributed by atoms with van der Waals surface area (Å²) < 4.78 is 0.961. The van der Waals surface area contributed by atoms with Crippen molar-refractivity contribution in [2.24, 2.45) is 10.1 Å². The molecule has 32 heavy (non-hydrogen) atoms. The van der Waals surface area contributed by atoms with Crippen molar-refractivity contribution in [3.8, 4) is 0 Å². The lowest BCUT2D eigenvalue weighted by molar-refractivity contribution is -0.113. The minimum Gasteiger partial charge on any atom is -0.266 e. The lowest BCUT2D eigenvalue weighted by atomic mass is 9.99. The van der Waals surface area contributed by atoms with Crippen molar-refractivity contribution in [2.75, 3.05) is 0 Å². The first-order chi connectivity index (χ1) is 15.6. The smallest absolute Gasteiger partial charge is 0.266 e. The minimum atomic E-state index is -0.247. The number of carbonyl (C=O) groups excluding carboxylic acids is 1. The molecule has 2 aliphatic rings. The molecule has 0 fully saturated rings. The fourth-order valence-corrected chi connectivity index (χ4v) is 5.14. The van der Waals surface area contributed by atoms with Crippen LogP contribution in [-0.2, 0) is 4.79 Å². The molecular weight excluding hydrogens is 506 g/mol. The Balaban J connectivity index is 1.48. The van der Waals surface area contributed by atoms with Crippen LogP contribution in [0.15, 0.2) is 98.3 Å². The van der Waals surface area contributed by atoms with Crippen molar-refractivity contribution >= 4 is 62.2 Å². The van der Waals surface area contributed by atoms with E-state index < -0.39 is 0 Å². The highest BCUT2D eigenvalue weighted by Crippen LogP contribution is 2.39. The Morgan fingerprint density at radius 2 is 1.81 bits per heavy atom. The van der Waals surface area contributed by atoms with Crippen molar-refractivity contribution in [1.29, 1.82) is 0 Å². The summed E-state index contributed by atoms with van der Waals surface area (Å²) in [4.78, 5) is 17.6. The summed E-state index contributed by atoms with van der Waals surface area (Å²) in [6, 6.07) is 25.6. The molecule has 2 aliphatic heterocycles. The van der Waals surface area contributed by atoms with Gasteiger partial charge in [-0.3, -0.25) is 4.79 Å². The Hall–Kier alpha value is -2.67. The topological polar surface area (TPSA) is 45.0 Å². The fraction of sp³-hybridized carbons (Fsp3) is 0.0800. The zero-order chi connectivity index (χ0) is 22.1. The summed E-state index contributed by atoms with van der Waals surface area (Å²) in [5.41, 5.74) is 4.04. The van der Waals surface area contributed by atoms with Gasteiger partial charge in [-0.25, -0.2) is 5.01 Å². The first kappa shape index (κ1) is 21.2. The molecular formula is C25H17BrClN3OS. The largest absolute Gasteiger partial charge is 0.286 e. The second-order valence-corrected chi connectivity index (χ2v) is 9.76. The molecule has 1 amide bonds. The zero-order valence-corrected chi connectivity index (χ0v) is 19.9. The molecule has 1 atom stereocenters. The molecule has 7 heteroatoms. The molecule has 0 radical (unpaired) electrons. The van der Waals surface area contributed by atoms with E-state index in [2.05, 4.69) is 33.1 Å². The van der Waals surface area contributed by atoms with Gasteiger partial charge in [-0.05, 0) is 58.8 Å². The maximum absolute atomic E-state index is 12.7. The predicted octanol–water partition coefficient (Wildman–Crippen LogP) is 6.92. The van der Waals surface area contributed by atoms with E-state index in [9.17, 15) is 4.79 Å². The number of amides is 1. The number of halogens is 2. The SMILES string of the molecule is O=C1N=C(N2N=C(c3ccccc3)CC2c2ccc(Cl)cc2)S/C1=C\c1cccc(Br)c1. The number of hydrogen-bond donors (Lipinski definition) is 0. The van der Waals surface area contributed by atoms with Crippen molar-refractivity contribution in [1.82, 2.24) is 5.01 Å². The van der Waals surface area contributed by atoms with Crippen molar-refractivity contribution in [3.05, 3.63) is 110 Å². The average Bonchev–Trinajstić information content (AvgIpc) is 3.39. The molecule has 3 aromatic rings. The quantitative estimate of drug-likeness (QED) is 0.351. The zero-order valence-electron chi connectivity index (χ0n) is 16.8. The van der Waals surface area contributed by atoms with E-state index in [-0.39, 0.29) is 11.9 Å². The number of hydrogen-bond acceptors (Lipinski definition) is 4. The van der Waals surface area contributed by atoms with E-state index in [1.165, 1.54) is 11.8 Å². The molecule has 4 nitrogen and oxygen atoms in total. The van der Waals surface area contributed by atoms with Crippen LogP contribution in [0.1, 0.15) is 29.2 Å². The molecule has 0 aromatic heterocycles. The molecule has 158 valence electrons. The Morgan fingerprint density at radius 3 is 2.56 bits per heavy atom. The van der Waals surface area contributed by atoms with Crippen LogP contribution < -0.4 is 0 Å². The van der Waals surface area contributed by atoms with Gasteiger partial charge in [0.15, 0.2) is 5.17 Å². The number of carbonyl (C=O) groups is 1. The van der Waals surface area contributed by atoms with Crippen LogP contribution in [0.3, 0.4) is 0 Å². The van der Waals surface area contributed by atoms with Crippen molar-refractivity contribution < 1.29 is 4.79 Å². The van der Waals surface area contributed by atoms with Crippen molar-refractivity contribution in [3.63, 3.8) is 0 Å². The fourth-order valence-electron chi connectivity index (χ4n) is 3.68. The highest BCUT2D eigenvalue weighted by molar-refractivity contribution is 9.10. The normalized spacial score (nSPS) is 19.4. The highest BCUT2D eigenvalue weighted by atomic mass is 79.9. The van der Waals surface area contributed by atoms with E-state index in [0.717, 1.165) is 26.9 Å². The maximum atomic E-state index is 12.7. The van der Waals surface area contributed by atoms with Gasteiger partial charge in [0.05, 0.1) is 16.7 Å². The van der Waals surface area contributed by atoms with Crippen LogP contribution in [-0.4, -0.2) is 21.8 Å². The number of aliphatic imine (C=N–C) groups is 1. The van der Waals surface area contributed by atoms with Gasteiger partial charge in [0.25, 0.3) is 5.91 Å². The molecule has 0 spiro atoms. The third-order valence-electron chi connectivity index (χ3n) is 5.22. The predicted molar refractivity (Wildman–Crippen MR) is 136 cm³/mol. The summed E-state index contributed by atoms with van der Waals surface area (Å²) in [6.07, 6.45) is 2.58. The Morgan fingerprint density at radius 1 is 1.03 bits per heavy atom. The number of amidine groups is 1. The Kier molecular flexibility index (Phi) is 6.00. The number of thioether (sulfide) groups is 1. The summed E-state index contributed by atoms with van der Waals surface area (Å²) >= 11 is 10.9. The van der Waals surface area contributed by atoms with Gasteiger partial charge < -0.3 is 0 Å². The van der Waals surface area contributed by atoms with Crippen LogP contribution in [0.2, 0.25) is 5.02 Å². The van der Waals surface area contributed by atoms with Crippen molar-refractivity contribution in [2.45, 2.75) is 12.5 Å². The third kappa shape index (κ3) is 4.44. The van der Waals surface area contributed by atoms with Crippen LogP contribution in [0.4, 0.5) is 0 Å². The van der Waals surface area contributed by atoms with Crippen LogP contribution >= 0.6 is 39.3 Å². The van der Waals surface area contributed by atoms with Gasteiger partial charge in [0.1, 0.15) is 0 Å². The Bertz CT molecular complexity index is 1270. The maximum Gasteiger partial charge on any atom is 0.286 e. The van der Waals surface area contributed by atoms with Crippen LogP contribution in [0, 0.1) is 0 Å².